The molecule has 0 spiro atoms. The predicted molar refractivity (Wildman–Crippen MR) is 118 cm³/mol. The first kappa shape index (κ1) is 20.0. The Morgan fingerprint density at radius 3 is 2.17 bits per heavy atom. The van der Waals surface area contributed by atoms with Gasteiger partial charge in [0.15, 0.2) is 0 Å². The summed E-state index contributed by atoms with van der Waals surface area (Å²) in [7, 11) is 0. The summed E-state index contributed by atoms with van der Waals surface area (Å²) >= 11 is 1.53. The Hall–Kier alpha value is -1.93. The van der Waals surface area contributed by atoms with Crippen molar-refractivity contribution in [2.24, 2.45) is 35.0 Å². The Morgan fingerprint density at radius 1 is 1.07 bits per heavy atom. The molecule has 1 saturated heterocycles. The minimum absolute atomic E-state index is 0.0570. The number of hydrogen-bond donors (Lipinski definition) is 0. The van der Waals surface area contributed by atoms with Crippen molar-refractivity contribution in [1.29, 1.82) is 5.26 Å². The Labute approximate surface area is 182 Å². The molecular formula is C25H30N2O2S. The molecule has 2 saturated carbocycles. The van der Waals surface area contributed by atoms with Gasteiger partial charge in [-0.15, -0.1) is 11.3 Å². The molecule has 1 aliphatic heterocycles. The number of rotatable bonds is 1. The minimum Gasteiger partial charge on any atom is -0.274 e. The number of amides is 2. The highest BCUT2D eigenvalue weighted by atomic mass is 32.1. The van der Waals surface area contributed by atoms with E-state index >= 15 is 0 Å². The van der Waals surface area contributed by atoms with Crippen molar-refractivity contribution in [3.63, 3.8) is 0 Å². The molecule has 0 unspecified atom stereocenters. The van der Waals surface area contributed by atoms with Crippen LogP contribution in [-0.2, 0) is 22.4 Å². The summed E-state index contributed by atoms with van der Waals surface area (Å²) in [5, 5.41) is 10.6. The number of carbonyl (C=O) groups excluding carboxylic acids is 2. The molecule has 2 bridgehead atoms. The number of thiophene rings is 1. The molecule has 1 aromatic heterocycles. The van der Waals surface area contributed by atoms with Crippen molar-refractivity contribution in [3.8, 4) is 6.07 Å². The van der Waals surface area contributed by atoms with Gasteiger partial charge in [0.05, 0.1) is 17.4 Å². The molecular weight excluding hydrogens is 392 g/mol. The molecule has 0 aromatic carbocycles. The molecule has 5 rings (SSSR count). The normalized spacial score (nSPS) is 32.5. The molecule has 5 atom stereocenters. The largest absolute Gasteiger partial charge is 0.274 e. The van der Waals surface area contributed by atoms with E-state index in [1.165, 1.54) is 32.3 Å². The predicted octanol–water partition coefficient (Wildman–Crippen LogP) is 5.25. The molecule has 2 heterocycles. The van der Waals surface area contributed by atoms with Gasteiger partial charge < -0.3 is 0 Å². The molecule has 3 aliphatic carbocycles. The van der Waals surface area contributed by atoms with Crippen LogP contribution in [0.2, 0.25) is 0 Å². The van der Waals surface area contributed by atoms with E-state index in [9.17, 15) is 14.9 Å². The first-order valence-electron chi connectivity index (χ1n) is 11.2. The van der Waals surface area contributed by atoms with Crippen LogP contribution in [0.25, 0.3) is 0 Å². The van der Waals surface area contributed by atoms with E-state index in [0.29, 0.717) is 16.5 Å². The van der Waals surface area contributed by atoms with Crippen LogP contribution >= 0.6 is 11.3 Å². The zero-order chi connectivity index (χ0) is 21.5. The Bertz CT molecular complexity index is 999. The number of nitrogens with zero attached hydrogens (tertiary/aromatic N) is 2. The van der Waals surface area contributed by atoms with E-state index in [1.54, 1.807) is 0 Å². The fourth-order valence-electron chi connectivity index (χ4n) is 6.78. The van der Waals surface area contributed by atoms with Gasteiger partial charge in [-0.1, -0.05) is 31.9 Å². The van der Waals surface area contributed by atoms with E-state index in [4.69, 9.17) is 0 Å². The Morgan fingerprint density at radius 2 is 1.67 bits per heavy atom. The number of carbonyl (C=O) groups is 2. The molecule has 30 heavy (non-hydrogen) atoms. The van der Waals surface area contributed by atoms with E-state index in [2.05, 4.69) is 40.7 Å². The smallest absolute Gasteiger partial charge is 0.239 e. The van der Waals surface area contributed by atoms with Gasteiger partial charge in [-0.2, -0.15) is 5.26 Å². The maximum Gasteiger partial charge on any atom is 0.239 e. The zero-order valence-electron chi connectivity index (χ0n) is 18.5. The van der Waals surface area contributed by atoms with E-state index in [1.807, 2.05) is 0 Å². The molecule has 1 aromatic rings. The number of allylic oxidation sites excluding steroid dienone is 2. The third-order valence-corrected chi connectivity index (χ3v) is 9.46. The van der Waals surface area contributed by atoms with Crippen LogP contribution in [0.5, 0.6) is 0 Å². The molecule has 158 valence electrons. The maximum atomic E-state index is 13.5. The standard InChI is InChI=1S/C25H30N2O2S/c1-12(2)19-15-8-9-16(19)21-20(15)22(28)27(23(21)29)24-17(11-26)14-7-6-13(25(3,4)5)10-18(14)30-24/h13,15-16,20-21H,6-10H2,1-5H3/t13-,15-,16-,20-,21-/m1/s1. The summed E-state index contributed by atoms with van der Waals surface area (Å²) in [4.78, 5) is 29.7. The van der Waals surface area contributed by atoms with Gasteiger partial charge in [-0.3, -0.25) is 9.59 Å². The highest BCUT2D eigenvalue weighted by Crippen LogP contribution is 2.61. The first-order valence-corrected chi connectivity index (χ1v) is 12.1. The lowest BCUT2D eigenvalue weighted by atomic mass is 9.72. The van der Waals surface area contributed by atoms with Crippen LogP contribution in [0.4, 0.5) is 5.00 Å². The second-order valence-electron chi connectivity index (χ2n) is 10.9. The average Bonchev–Trinajstić information content (AvgIpc) is 3.39. The second-order valence-corrected chi connectivity index (χ2v) is 12.0. The van der Waals surface area contributed by atoms with Gasteiger partial charge in [-0.05, 0) is 74.7 Å². The van der Waals surface area contributed by atoms with Crippen LogP contribution < -0.4 is 4.90 Å². The number of nitriles is 1. The molecule has 3 fully saturated rings. The van der Waals surface area contributed by atoms with Gasteiger partial charge in [0.2, 0.25) is 11.8 Å². The Kier molecular flexibility index (Phi) is 4.35. The van der Waals surface area contributed by atoms with Gasteiger partial charge in [0, 0.05) is 4.88 Å². The summed E-state index contributed by atoms with van der Waals surface area (Å²) in [6, 6.07) is 2.36. The number of hydrogen-bond acceptors (Lipinski definition) is 4. The van der Waals surface area contributed by atoms with Crippen molar-refractivity contribution in [2.75, 3.05) is 4.90 Å². The second kappa shape index (κ2) is 6.53. The minimum atomic E-state index is -0.214. The zero-order valence-corrected chi connectivity index (χ0v) is 19.4. The van der Waals surface area contributed by atoms with Crippen molar-refractivity contribution in [3.05, 3.63) is 27.2 Å². The molecule has 0 N–H and O–H groups in total. The average molecular weight is 423 g/mol. The maximum absolute atomic E-state index is 13.5. The third kappa shape index (κ3) is 2.56. The van der Waals surface area contributed by atoms with E-state index in [0.717, 1.165) is 37.7 Å². The first-order chi connectivity index (χ1) is 14.1. The summed E-state index contributed by atoms with van der Waals surface area (Å²) in [6.07, 6.45) is 4.89. The van der Waals surface area contributed by atoms with Crippen LogP contribution in [-0.4, -0.2) is 11.8 Å². The summed E-state index contributed by atoms with van der Waals surface area (Å²) in [6.45, 7) is 11.0. The fourth-order valence-corrected chi connectivity index (χ4v) is 8.16. The van der Waals surface area contributed by atoms with Crippen LogP contribution in [0.15, 0.2) is 11.1 Å². The van der Waals surface area contributed by atoms with Crippen molar-refractivity contribution < 1.29 is 9.59 Å². The topological polar surface area (TPSA) is 61.2 Å². The van der Waals surface area contributed by atoms with Gasteiger partial charge >= 0.3 is 0 Å². The van der Waals surface area contributed by atoms with Gasteiger partial charge in [-0.25, -0.2) is 4.90 Å². The number of fused-ring (bicyclic) bond motifs is 6. The van der Waals surface area contributed by atoms with Crippen molar-refractivity contribution >= 4 is 28.2 Å². The molecule has 0 radical (unpaired) electrons. The molecule has 4 nitrogen and oxygen atoms in total. The van der Waals surface area contributed by atoms with E-state index in [-0.39, 0.29) is 40.9 Å². The monoisotopic (exact) mass is 422 g/mol. The van der Waals surface area contributed by atoms with Gasteiger partial charge in [0.1, 0.15) is 11.1 Å². The van der Waals surface area contributed by atoms with Crippen LogP contribution in [0, 0.1) is 46.3 Å². The summed E-state index contributed by atoms with van der Waals surface area (Å²) in [5.74, 6) is 0.456. The highest BCUT2D eigenvalue weighted by molar-refractivity contribution is 7.17. The SMILES string of the molecule is CC(C)=C1[C@H]2CC[C@H]1[C@H]1C(=O)N(c3sc4c(c3C#N)CC[C@@H](C(C)(C)C)C4)C(=O)[C@@H]12. The Balaban J connectivity index is 1.54. The van der Waals surface area contributed by atoms with Crippen LogP contribution in [0.3, 0.4) is 0 Å². The highest BCUT2D eigenvalue weighted by Gasteiger charge is 2.64. The quantitative estimate of drug-likeness (QED) is 0.458. The van der Waals surface area contributed by atoms with Crippen molar-refractivity contribution in [1.82, 2.24) is 0 Å². The van der Waals surface area contributed by atoms with Crippen LogP contribution in [0.1, 0.15) is 69.9 Å². The molecule has 2 amide bonds. The molecule has 5 heteroatoms. The summed E-state index contributed by atoms with van der Waals surface area (Å²) < 4.78 is 0. The molecule has 4 aliphatic rings. The van der Waals surface area contributed by atoms with Crippen molar-refractivity contribution in [2.45, 2.75) is 66.7 Å². The fraction of sp³-hybridized carbons (Fsp3) is 0.640. The lowest BCUT2D eigenvalue weighted by molar-refractivity contribution is -0.122. The van der Waals surface area contributed by atoms with E-state index < -0.39 is 0 Å². The number of imide groups is 1. The third-order valence-electron chi connectivity index (χ3n) is 8.22. The van der Waals surface area contributed by atoms with Gasteiger partial charge in [0.25, 0.3) is 0 Å². The summed E-state index contributed by atoms with van der Waals surface area (Å²) in [5.41, 5.74) is 4.53. The lowest BCUT2D eigenvalue weighted by Gasteiger charge is -2.33. The number of anilines is 1. The lowest BCUT2D eigenvalue weighted by Crippen LogP contribution is -2.33.